The predicted octanol–water partition coefficient (Wildman–Crippen LogP) is 5.25. The third kappa shape index (κ3) is 4.93. The van der Waals surface area contributed by atoms with Crippen LogP contribution in [0.15, 0.2) is 42.5 Å². The smallest absolute Gasteiger partial charge is 0.224 e. The van der Waals surface area contributed by atoms with E-state index in [-0.39, 0.29) is 17.4 Å². The first-order valence-electron chi connectivity index (χ1n) is 11.4. The molecule has 1 heterocycles. The summed E-state index contributed by atoms with van der Waals surface area (Å²) in [6, 6.07) is 14.1. The SMILES string of the molecule is COc1cccc([C@@]23CC[N+](C)(C)C[C@H]2CC[C@H](NC(=O)Cc2ccc(Cl)c(Cl)c2)C3)c1. The Kier molecular flexibility index (Phi) is 6.76. The quantitative estimate of drug-likeness (QED) is 0.599. The molecule has 32 heavy (non-hydrogen) atoms. The molecule has 2 aromatic rings. The van der Waals surface area contributed by atoms with E-state index in [4.69, 9.17) is 27.9 Å². The van der Waals surface area contributed by atoms with E-state index in [1.165, 1.54) is 12.1 Å². The number of rotatable bonds is 5. The van der Waals surface area contributed by atoms with Crippen molar-refractivity contribution in [3.8, 4) is 5.75 Å². The number of nitrogens with one attached hydrogen (secondary N) is 1. The maximum Gasteiger partial charge on any atom is 0.224 e. The molecule has 0 radical (unpaired) electrons. The molecule has 4 nitrogen and oxygen atoms in total. The van der Waals surface area contributed by atoms with Gasteiger partial charge in [-0.25, -0.2) is 0 Å². The van der Waals surface area contributed by atoms with Crippen molar-refractivity contribution >= 4 is 29.1 Å². The molecule has 172 valence electrons. The van der Waals surface area contributed by atoms with Crippen LogP contribution >= 0.6 is 23.2 Å². The number of amides is 1. The van der Waals surface area contributed by atoms with Crippen LogP contribution in [0.5, 0.6) is 5.75 Å². The molecule has 0 spiro atoms. The van der Waals surface area contributed by atoms with Crippen molar-refractivity contribution < 1.29 is 14.0 Å². The molecule has 4 rings (SSSR count). The van der Waals surface area contributed by atoms with Gasteiger partial charge in [-0.3, -0.25) is 4.79 Å². The molecule has 0 aromatic heterocycles. The van der Waals surface area contributed by atoms with Gasteiger partial charge >= 0.3 is 0 Å². The molecule has 3 atom stereocenters. The lowest BCUT2D eigenvalue weighted by molar-refractivity contribution is -0.901. The zero-order chi connectivity index (χ0) is 22.9. The minimum Gasteiger partial charge on any atom is -0.497 e. The third-order valence-corrected chi connectivity index (χ3v) is 8.23. The Morgan fingerprint density at radius 2 is 1.97 bits per heavy atom. The number of nitrogens with zero attached hydrogens (tertiary/aromatic N) is 1. The van der Waals surface area contributed by atoms with E-state index in [1.54, 1.807) is 19.2 Å². The van der Waals surface area contributed by atoms with Crippen LogP contribution < -0.4 is 10.1 Å². The second-order valence-electron chi connectivity index (χ2n) is 10.1. The molecule has 1 saturated heterocycles. The number of hydrogen-bond acceptors (Lipinski definition) is 2. The summed E-state index contributed by atoms with van der Waals surface area (Å²) < 4.78 is 6.61. The van der Waals surface area contributed by atoms with Crippen LogP contribution in [0.25, 0.3) is 0 Å². The number of methoxy groups -OCH3 is 1. The fraction of sp³-hybridized carbons (Fsp3) is 0.500. The first kappa shape index (κ1) is 23.4. The van der Waals surface area contributed by atoms with Gasteiger partial charge in [-0.05, 0) is 54.7 Å². The molecule has 2 aliphatic rings. The minimum absolute atomic E-state index is 0.0413. The van der Waals surface area contributed by atoms with Crippen LogP contribution in [0.2, 0.25) is 10.0 Å². The standard InChI is InChI=1S/C26H32Cl2N2O2/c1-30(2)12-11-26(19-5-4-6-22(15-19)32-3)16-21(9-8-20(26)17-30)29-25(31)14-18-7-10-23(27)24(28)13-18/h4-7,10,13,15,20-21H,8-9,11-12,14,16-17H2,1-3H3/p+1/t20-,21+,26+/m1/s1. The average molecular weight is 476 g/mol. The van der Waals surface area contributed by atoms with E-state index in [9.17, 15) is 4.79 Å². The average Bonchev–Trinajstić information content (AvgIpc) is 2.76. The lowest BCUT2D eigenvalue weighted by Gasteiger charge is -2.54. The van der Waals surface area contributed by atoms with Crippen LogP contribution in [0.3, 0.4) is 0 Å². The van der Waals surface area contributed by atoms with Gasteiger partial charge in [-0.1, -0.05) is 41.4 Å². The summed E-state index contributed by atoms with van der Waals surface area (Å²) in [4.78, 5) is 12.9. The van der Waals surface area contributed by atoms with Crippen molar-refractivity contribution in [1.29, 1.82) is 0 Å². The fourth-order valence-corrected chi connectivity index (χ4v) is 6.14. The summed E-state index contributed by atoms with van der Waals surface area (Å²) in [6.07, 6.45) is 4.54. The molecule has 1 aliphatic heterocycles. The van der Waals surface area contributed by atoms with Crippen molar-refractivity contribution in [3.63, 3.8) is 0 Å². The van der Waals surface area contributed by atoms with Gasteiger partial charge in [-0.15, -0.1) is 0 Å². The van der Waals surface area contributed by atoms with E-state index >= 15 is 0 Å². The summed E-state index contributed by atoms with van der Waals surface area (Å²) >= 11 is 12.1. The second-order valence-corrected chi connectivity index (χ2v) is 11.0. The van der Waals surface area contributed by atoms with Gasteiger partial charge in [0.15, 0.2) is 0 Å². The molecule has 6 heteroatoms. The number of carbonyl (C=O) groups excluding carboxylic acids is 1. The van der Waals surface area contributed by atoms with Gasteiger partial charge in [0, 0.05) is 23.8 Å². The van der Waals surface area contributed by atoms with Crippen LogP contribution in [0, 0.1) is 5.92 Å². The normalized spacial score (nSPS) is 26.8. The zero-order valence-electron chi connectivity index (χ0n) is 19.2. The second kappa shape index (κ2) is 9.24. The van der Waals surface area contributed by atoms with Crippen LogP contribution in [0.1, 0.15) is 36.8 Å². The van der Waals surface area contributed by atoms with Crippen molar-refractivity contribution in [3.05, 3.63) is 63.6 Å². The number of piperidine rings is 1. The number of fused-ring (bicyclic) bond motifs is 1. The number of quaternary nitrogens is 1. The van der Waals surface area contributed by atoms with Crippen LogP contribution in [-0.4, -0.2) is 50.7 Å². The first-order chi connectivity index (χ1) is 15.2. The topological polar surface area (TPSA) is 38.3 Å². The molecule has 1 amide bonds. The molecule has 0 bridgehead atoms. The first-order valence-corrected chi connectivity index (χ1v) is 12.2. The third-order valence-electron chi connectivity index (χ3n) is 7.49. The van der Waals surface area contributed by atoms with Crippen molar-refractivity contribution in [2.45, 2.75) is 43.6 Å². The number of benzene rings is 2. The Morgan fingerprint density at radius 3 is 2.72 bits per heavy atom. The molecule has 1 N–H and O–H groups in total. The lowest BCUT2D eigenvalue weighted by atomic mass is 9.57. The minimum atomic E-state index is 0.0413. The highest BCUT2D eigenvalue weighted by atomic mass is 35.5. The number of likely N-dealkylation sites (tertiary alicyclic amines) is 1. The summed E-state index contributed by atoms with van der Waals surface area (Å²) in [6.45, 7) is 2.30. The van der Waals surface area contributed by atoms with Crippen molar-refractivity contribution in [1.82, 2.24) is 5.32 Å². The van der Waals surface area contributed by atoms with Gasteiger partial charge < -0.3 is 14.5 Å². The molecular formula is C26H33Cl2N2O2+. The van der Waals surface area contributed by atoms with Gasteiger partial charge in [0.1, 0.15) is 5.75 Å². The number of hydrogen-bond donors (Lipinski definition) is 1. The van der Waals surface area contributed by atoms with Crippen molar-refractivity contribution in [2.75, 3.05) is 34.3 Å². The Bertz CT molecular complexity index is 994. The zero-order valence-corrected chi connectivity index (χ0v) is 20.7. The van der Waals surface area contributed by atoms with Gasteiger partial charge in [-0.2, -0.15) is 0 Å². The lowest BCUT2D eigenvalue weighted by Crippen LogP contribution is -2.60. The Labute approximate surface area is 201 Å². The molecule has 0 unspecified atom stereocenters. The Morgan fingerprint density at radius 1 is 1.16 bits per heavy atom. The maximum absolute atomic E-state index is 12.9. The highest BCUT2D eigenvalue weighted by Gasteiger charge is 2.51. The predicted molar refractivity (Wildman–Crippen MR) is 131 cm³/mol. The van der Waals surface area contributed by atoms with E-state index in [0.717, 1.165) is 48.0 Å². The van der Waals surface area contributed by atoms with Crippen LogP contribution in [-0.2, 0) is 16.6 Å². The Balaban J connectivity index is 1.53. The highest BCUT2D eigenvalue weighted by Crippen LogP contribution is 2.50. The monoisotopic (exact) mass is 475 g/mol. The van der Waals surface area contributed by atoms with Gasteiger partial charge in [0.25, 0.3) is 0 Å². The van der Waals surface area contributed by atoms with E-state index in [0.29, 0.717) is 22.4 Å². The highest BCUT2D eigenvalue weighted by molar-refractivity contribution is 6.42. The van der Waals surface area contributed by atoms with Crippen LogP contribution in [0.4, 0.5) is 0 Å². The Hall–Kier alpha value is -1.75. The summed E-state index contributed by atoms with van der Waals surface area (Å²) in [5.41, 5.74) is 2.30. The summed E-state index contributed by atoms with van der Waals surface area (Å²) in [7, 11) is 6.39. The molecule has 2 aromatic carbocycles. The maximum atomic E-state index is 12.9. The summed E-state index contributed by atoms with van der Waals surface area (Å²) in [5, 5.41) is 4.32. The van der Waals surface area contributed by atoms with Crippen molar-refractivity contribution in [2.24, 2.45) is 5.92 Å². The van der Waals surface area contributed by atoms with Gasteiger partial charge in [0.2, 0.25) is 5.91 Å². The molecule has 2 fully saturated rings. The summed E-state index contributed by atoms with van der Waals surface area (Å²) in [5.74, 6) is 1.54. The number of ether oxygens (including phenoxy) is 1. The molecule has 1 saturated carbocycles. The van der Waals surface area contributed by atoms with E-state index < -0.39 is 0 Å². The van der Waals surface area contributed by atoms with Gasteiger partial charge in [0.05, 0.1) is 50.8 Å². The largest absolute Gasteiger partial charge is 0.497 e. The number of carbonyl (C=O) groups is 1. The van der Waals surface area contributed by atoms with E-state index in [1.807, 2.05) is 12.1 Å². The molecule has 1 aliphatic carbocycles. The molecular weight excluding hydrogens is 443 g/mol. The van der Waals surface area contributed by atoms with E-state index in [2.05, 4.69) is 37.6 Å². The number of halogens is 2. The fourth-order valence-electron chi connectivity index (χ4n) is 5.82.